The van der Waals surface area contributed by atoms with Gasteiger partial charge < -0.3 is 10.8 Å². The number of halogens is 5. The topological polar surface area (TPSA) is 46.2 Å². The maximum absolute atomic E-state index is 12.2. The van der Waals surface area contributed by atoms with Crippen molar-refractivity contribution in [2.45, 2.75) is 18.3 Å². The van der Waals surface area contributed by atoms with Crippen LogP contribution in [0.1, 0.15) is 11.6 Å². The van der Waals surface area contributed by atoms with Crippen LogP contribution in [-0.2, 0) is 0 Å². The molecule has 0 spiro atoms. The quantitative estimate of drug-likeness (QED) is 0.880. The first kappa shape index (κ1) is 13.8. The summed E-state index contributed by atoms with van der Waals surface area (Å²) in [7, 11) is 0. The molecule has 0 unspecified atom stereocenters. The van der Waals surface area contributed by atoms with Gasteiger partial charge in [-0.15, -0.1) is 0 Å². The zero-order valence-corrected chi connectivity index (χ0v) is 10.1. The molecule has 2 atom stereocenters. The highest BCUT2D eigenvalue weighted by Crippen LogP contribution is 2.31. The minimum absolute atomic E-state index is 0.154. The van der Waals surface area contributed by atoms with Gasteiger partial charge in [-0.05, 0) is 33.6 Å². The van der Waals surface area contributed by atoms with E-state index in [1.54, 1.807) is 0 Å². The number of rotatable bonds is 2. The minimum atomic E-state index is -4.74. The number of hydrogen-bond donors (Lipinski definition) is 2. The van der Waals surface area contributed by atoms with Gasteiger partial charge in [-0.3, -0.25) is 0 Å². The number of hydrogen-bond acceptors (Lipinski definition) is 2. The van der Waals surface area contributed by atoms with Gasteiger partial charge in [0.25, 0.3) is 0 Å². The molecule has 0 aromatic heterocycles. The second-order valence-electron chi connectivity index (χ2n) is 3.19. The van der Waals surface area contributed by atoms with Crippen LogP contribution in [0.2, 0.25) is 5.02 Å². The Balaban J connectivity index is 2.97. The van der Waals surface area contributed by atoms with Crippen molar-refractivity contribution in [3.63, 3.8) is 0 Å². The van der Waals surface area contributed by atoms with Crippen molar-refractivity contribution in [2.75, 3.05) is 0 Å². The molecule has 0 aliphatic carbocycles. The summed E-state index contributed by atoms with van der Waals surface area (Å²) >= 11 is 8.75. The number of benzene rings is 1. The van der Waals surface area contributed by atoms with Crippen LogP contribution in [0.4, 0.5) is 13.2 Å². The van der Waals surface area contributed by atoms with Crippen molar-refractivity contribution in [3.05, 3.63) is 33.3 Å². The van der Waals surface area contributed by atoms with Gasteiger partial charge in [0.05, 0.1) is 11.1 Å². The molecule has 0 radical (unpaired) electrons. The fraction of sp³-hybridized carbons (Fsp3) is 0.333. The molecule has 7 heteroatoms. The lowest BCUT2D eigenvalue weighted by Crippen LogP contribution is -2.38. The largest absolute Gasteiger partial charge is 0.416 e. The highest BCUT2D eigenvalue weighted by atomic mass is 79.9. The van der Waals surface area contributed by atoms with Crippen LogP contribution in [0.25, 0.3) is 0 Å². The molecule has 0 saturated heterocycles. The van der Waals surface area contributed by atoms with E-state index in [0.29, 0.717) is 9.50 Å². The van der Waals surface area contributed by atoms with Gasteiger partial charge in [-0.25, -0.2) is 0 Å². The van der Waals surface area contributed by atoms with Gasteiger partial charge in [0, 0.05) is 4.47 Å². The smallest absolute Gasteiger partial charge is 0.382 e. The second kappa shape index (κ2) is 4.91. The summed E-state index contributed by atoms with van der Waals surface area (Å²) in [6, 6.07) is 2.56. The highest BCUT2D eigenvalue weighted by Gasteiger charge is 2.42. The van der Waals surface area contributed by atoms with E-state index in [-0.39, 0.29) is 5.56 Å². The molecular formula is C9H8BrClF3NO. The lowest BCUT2D eigenvalue weighted by Gasteiger charge is -2.21. The van der Waals surface area contributed by atoms with E-state index in [4.69, 9.17) is 22.4 Å². The lowest BCUT2D eigenvalue weighted by atomic mass is 10.0. The molecule has 0 amide bonds. The van der Waals surface area contributed by atoms with Gasteiger partial charge in [0.1, 0.15) is 0 Å². The third-order valence-corrected chi connectivity index (χ3v) is 3.22. The van der Waals surface area contributed by atoms with Crippen LogP contribution in [0.15, 0.2) is 22.7 Å². The first-order chi connectivity index (χ1) is 7.23. The Morgan fingerprint density at radius 1 is 1.38 bits per heavy atom. The third kappa shape index (κ3) is 3.10. The first-order valence-electron chi connectivity index (χ1n) is 4.19. The molecule has 1 aromatic rings. The standard InChI is InChI=1S/C9H8BrClF3NO/c10-5-3-4(1-2-6(5)11)7(15)8(16)9(12,13)14/h1-3,7-8,16H,15H2/t7-,8-/m0/s1. The molecule has 0 saturated carbocycles. The highest BCUT2D eigenvalue weighted by molar-refractivity contribution is 9.10. The summed E-state index contributed by atoms with van der Waals surface area (Å²) < 4.78 is 37.0. The van der Waals surface area contributed by atoms with Gasteiger partial charge >= 0.3 is 6.18 Å². The zero-order valence-electron chi connectivity index (χ0n) is 7.80. The van der Waals surface area contributed by atoms with Gasteiger partial charge in [-0.1, -0.05) is 17.7 Å². The van der Waals surface area contributed by atoms with E-state index in [2.05, 4.69) is 15.9 Å². The van der Waals surface area contributed by atoms with E-state index < -0.39 is 18.3 Å². The Kier molecular flexibility index (Phi) is 4.23. The average molecular weight is 319 g/mol. The molecular weight excluding hydrogens is 310 g/mol. The molecule has 0 aliphatic heterocycles. The van der Waals surface area contributed by atoms with Crippen LogP contribution in [0, 0.1) is 0 Å². The molecule has 0 fully saturated rings. The van der Waals surface area contributed by atoms with E-state index in [1.165, 1.54) is 18.2 Å². The number of nitrogens with two attached hydrogens (primary N) is 1. The van der Waals surface area contributed by atoms with Crippen LogP contribution >= 0.6 is 27.5 Å². The average Bonchev–Trinajstić information content (AvgIpc) is 2.18. The minimum Gasteiger partial charge on any atom is -0.382 e. The zero-order chi connectivity index (χ0) is 12.5. The van der Waals surface area contributed by atoms with E-state index in [1.807, 2.05) is 0 Å². The Morgan fingerprint density at radius 3 is 2.38 bits per heavy atom. The van der Waals surface area contributed by atoms with E-state index in [9.17, 15) is 13.2 Å². The number of aliphatic hydroxyl groups excluding tert-OH is 1. The predicted molar refractivity (Wildman–Crippen MR) is 58.1 cm³/mol. The van der Waals surface area contributed by atoms with Gasteiger partial charge in [-0.2, -0.15) is 13.2 Å². The molecule has 0 bridgehead atoms. The van der Waals surface area contributed by atoms with Crippen molar-refractivity contribution >= 4 is 27.5 Å². The fourth-order valence-corrected chi connectivity index (χ4v) is 1.62. The van der Waals surface area contributed by atoms with Gasteiger partial charge in [0.2, 0.25) is 0 Å². The molecule has 0 heterocycles. The summed E-state index contributed by atoms with van der Waals surface area (Å²) in [5, 5.41) is 9.33. The van der Waals surface area contributed by atoms with Crippen molar-refractivity contribution < 1.29 is 18.3 Å². The molecule has 3 N–H and O–H groups in total. The van der Waals surface area contributed by atoms with Crippen molar-refractivity contribution in [1.29, 1.82) is 0 Å². The predicted octanol–water partition coefficient (Wildman–Crippen LogP) is 3.03. The third-order valence-electron chi connectivity index (χ3n) is 2.00. The van der Waals surface area contributed by atoms with Gasteiger partial charge in [0.15, 0.2) is 6.10 Å². The van der Waals surface area contributed by atoms with E-state index >= 15 is 0 Å². The summed E-state index contributed by atoms with van der Waals surface area (Å²) in [5.74, 6) is 0. The number of aliphatic hydroxyl groups is 1. The van der Waals surface area contributed by atoms with Crippen molar-refractivity contribution in [2.24, 2.45) is 5.73 Å². The summed E-state index contributed by atoms with van der Waals surface area (Å²) in [4.78, 5) is 0. The second-order valence-corrected chi connectivity index (χ2v) is 4.45. The normalized spacial score (nSPS) is 15.9. The van der Waals surface area contributed by atoms with Crippen LogP contribution in [-0.4, -0.2) is 17.4 Å². The van der Waals surface area contributed by atoms with Crippen LogP contribution in [0.5, 0.6) is 0 Å². The Labute approximate surface area is 103 Å². The molecule has 90 valence electrons. The SMILES string of the molecule is N[C@@H](c1ccc(Cl)c(Br)c1)[C@H](O)C(F)(F)F. The maximum atomic E-state index is 12.2. The molecule has 0 aliphatic rings. The lowest BCUT2D eigenvalue weighted by molar-refractivity contribution is -0.210. The molecule has 1 aromatic carbocycles. The maximum Gasteiger partial charge on any atom is 0.416 e. The Morgan fingerprint density at radius 2 is 1.94 bits per heavy atom. The number of alkyl halides is 3. The summed E-state index contributed by atoms with van der Waals surface area (Å²) in [5.41, 5.74) is 5.46. The Hall–Kier alpha value is -0.300. The molecule has 16 heavy (non-hydrogen) atoms. The molecule has 1 rings (SSSR count). The summed E-state index contributed by atoms with van der Waals surface area (Å²) in [6.07, 6.45) is -7.34. The first-order valence-corrected chi connectivity index (χ1v) is 5.36. The van der Waals surface area contributed by atoms with Crippen LogP contribution in [0.3, 0.4) is 0 Å². The fourth-order valence-electron chi connectivity index (χ4n) is 1.11. The molecule has 2 nitrogen and oxygen atoms in total. The van der Waals surface area contributed by atoms with Crippen LogP contribution < -0.4 is 5.73 Å². The monoisotopic (exact) mass is 317 g/mol. The van der Waals surface area contributed by atoms with E-state index in [0.717, 1.165) is 0 Å². The van der Waals surface area contributed by atoms with Crippen molar-refractivity contribution in [3.8, 4) is 0 Å². The summed E-state index contributed by atoms with van der Waals surface area (Å²) in [6.45, 7) is 0. The Bertz CT molecular complexity index is 386. The van der Waals surface area contributed by atoms with Crippen molar-refractivity contribution in [1.82, 2.24) is 0 Å².